The molecule has 0 unspecified atom stereocenters. The molecule has 4 aromatic rings. The van der Waals surface area contributed by atoms with E-state index < -0.39 is 28.9 Å². The number of nitrogens with zero attached hydrogens (tertiary/aromatic N) is 2. The summed E-state index contributed by atoms with van der Waals surface area (Å²) < 4.78 is 12.2. The molecular formula is C27H20ClN3O6S2. The minimum absolute atomic E-state index is 0.255. The Morgan fingerprint density at radius 3 is 2.46 bits per heavy atom. The third-order valence-corrected chi connectivity index (χ3v) is 9.52. The second-order valence-corrected chi connectivity index (χ2v) is 11.5. The minimum Gasteiger partial charge on any atom is -0.497 e. The van der Waals surface area contributed by atoms with Crippen LogP contribution in [0.15, 0.2) is 81.2 Å². The maximum Gasteiger partial charge on any atom is 0.308 e. The molecule has 1 fully saturated rings. The third kappa shape index (κ3) is 4.46. The highest BCUT2D eigenvalue weighted by Crippen LogP contribution is 2.53. The van der Waals surface area contributed by atoms with Gasteiger partial charge in [-0.3, -0.25) is 23.7 Å². The number of furan rings is 1. The first-order chi connectivity index (χ1) is 18.9. The molecule has 0 saturated carbocycles. The van der Waals surface area contributed by atoms with E-state index in [0.29, 0.717) is 37.8 Å². The Morgan fingerprint density at radius 1 is 1.05 bits per heavy atom. The number of anilines is 2. The molecule has 12 heteroatoms. The summed E-state index contributed by atoms with van der Waals surface area (Å²) in [5.41, 5.74) is 0.969. The highest BCUT2D eigenvalue weighted by Gasteiger charge is 2.57. The first kappa shape index (κ1) is 25.5. The molecule has 2 aliphatic heterocycles. The van der Waals surface area contributed by atoms with E-state index in [1.807, 2.05) is 0 Å². The zero-order valence-corrected chi connectivity index (χ0v) is 22.7. The number of benzene rings is 2. The summed E-state index contributed by atoms with van der Waals surface area (Å²) >= 11 is 8.11. The zero-order valence-electron chi connectivity index (χ0n) is 20.3. The Kier molecular flexibility index (Phi) is 6.57. The van der Waals surface area contributed by atoms with Crippen LogP contribution in [-0.2, 0) is 20.9 Å². The van der Waals surface area contributed by atoms with Gasteiger partial charge in [0.15, 0.2) is 0 Å². The van der Waals surface area contributed by atoms with Crippen LogP contribution >= 0.6 is 34.7 Å². The quantitative estimate of drug-likeness (QED) is 0.331. The van der Waals surface area contributed by atoms with Gasteiger partial charge < -0.3 is 14.5 Å². The smallest absolute Gasteiger partial charge is 0.308 e. The summed E-state index contributed by atoms with van der Waals surface area (Å²) in [6, 6.07) is 16.7. The van der Waals surface area contributed by atoms with E-state index in [9.17, 15) is 19.2 Å². The number of carbonyl (C=O) groups is 3. The maximum atomic E-state index is 13.7. The van der Waals surface area contributed by atoms with Gasteiger partial charge in [0.2, 0.25) is 17.7 Å². The predicted octanol–water partition coefficient (Wildman–Crippen LogP) is 4.60. The van der Waals surface area contributed by atoms with Gasteiger partial charge >= 0.3 is 4.87 Å². The number of amides is 3. The molecule has 4 heterocycles. The van der Waals surface area contributed by atoms with Crippen molar-refractivity contribution in [3.63, 3.8) is 0 Å². The maximum absolute atomic E-state index is 13.7. The fraction of sp³-hybridized carbons (Fsp3) is 0.185. The van der Waals surface area contributed by atoms with Crippen LogP contribution in [0.1, 0.15) is 16.6 Å². The number of imide groups is 1. The topological polar surface area (TPSA) is 111 Å². The molecule has 0 bridgehead atoms. The molecule has 0 aliphatic carbocycles. The number of hydrogen-bond acceptors (Lipinski definition) is 8. The summed E-state index contributed by atoms with van der Waals surface area (Å²) in [7, 11) is 1.55. The number of nitrogens with one attached hydrogen (secondary N) is 1. The number of thioether (sulfide) groups is 1. The van der Waals surface area contributed by atoms with E-state index in [-0.39, 0.29) is 17.3 Å². The third-order valence-electron chi connectivity index (χ3n) is 6.66. The van der Waals surface area contributed by atoms with E-state index in [1.54, 1.807) is 67.8 Å². The standard InChI is InChI=1S/C27H20ClN3O6S2/c1-36-17-10-6-15(7-11-17)29-19(32)13-30-26-23(39-27(30)35)20(18-3-2-12-37-18)21-22(38-26)25(34)31(24(21)33)16-8-4-14(28)5-9-16/h2-12,20-22H,13H2,1H3,(H,29,32)/t20-,21-,22+/m0/s1. The number of aromatic nitrogens is 1. The molecule has 198 valence electrons. The number of thiazole rings is 1. The lowest BCUT2D eigenvalue weighted by atomic mass is 9.87. The summed E-state index contributed by atoms with van der Waals surface area (Å²) in [5.74, 6) is -1.49. The first-order valence-corrected chi connectivity index (χ1v) is 13.9. The molecule has 6 rings (SSSR count). The van der Waals surface area contributed by atoms with Gasteiger partial charge in [0.1, 0.15) is 23.3 Å². The second kappa shape index (κ2) is 10.1. The van der Waals surface area contributed by atoms with E-state index in [0.717, 1.165) is 23.1 Å². The highest BCUT2D eigenvalue weighted by molar-refractivity contribution is 8.00. The number of halogens is 1. The fourth-order valence-electron chi connectivity index (χ4n) is 4.89. The first-order valence-electron chi connectivity index (χ1n) is 11.9. The van der Waals surface area contributed by atoms with Crippen LogP contribution in [0.5, 0.6) is 5.75 Å². The summed E-state index contributed by atoms with van der Waals surface area (Å²) in [6.07, 6.45) is 1.49. The molecule has 0 spiro atoms. The number of fused-ring (bicyclic) bond motifs is 2. The molecule has 39 heavy (non-hydrogen) atoms. The van der Waals surface area contributed by atoms with E-state index in [1.165, 1.54) is 15.7 Å². The van der Waals surface area contributed by atoms with Gasteiger partial charge in [0.25, 0.3) is 0 Å². The van der Waals surface area contributed by atoms with Crippen molar-refractivity contribution in [3.05, 3.63) is 92.3 Å². The summed E-state index contributed by atoms with van der Waals surface area (Å²) in [4.78, 5) is 54.8. The van der Waals surface area contributed by atoms with Crippen molar-refractivity contribution in [1.82, 2.24) is 4.57 Å². The molecule has 1 N–H and O–H groups in total. The van der Waals surface area contributed by atoms with Crippen molar-refractivity contribution in [2.24, 2.45) is 5.92 Å². The number of ether oxygens (including phenoxy) is 1. The summed E-state index contributed by atoms with van der Waals surface area (Å²) in [6.45, 7) is -0.255. The van der Waals surface area contributed by atoms with Crippen LogP contribution in [0.4, 0.5) is 11.4 Å². The molecule has 2 aliphatic rings. The monoisotopic (exact) mass is 581 g/mol. The van der Waals surface area contributed by atoms with Crippen molar-refractivity contribution < 1.29 is 23.5 Å². The van der Waals surface area contributed by atoms with Gasteiger partial charge in [-0.15, -0.1) is 0 Å². The van der Waals surface area contributed by atoms with Crippen LogP contribution < -0.4 is 19.8 Å². The lowest BCUT2D eigenvalue weighted by Gasteiger charge is -2.29. The van der Waals surface area contributed by atoms with E-state index >= 15 is 0 Å². The molecule has 9 nitrogen and oxygen atoms in total. The van der Waals surface area contributed by atoms with Gasteiger partial charge in [-0.25, -0.2) is 4.90 Å². The van der Waals surface area contributed by atoms with Gasteiger partial charge in [0.05, 0.1) is 40.8 Å². The Labute approximate surface area is 235 Å². The van der Waals surface area contributed by atoms with Crippen LogP contribution in [0, 0.1) is 5.92 Å². The number of hydrogen-bond donors (Lipinski definition) is 1. The van der Waals surface area contributed by atoms with Crippen molar-refractivity contribution >= 4 is 63.8 Å². The molecule has 2 aromatic heterocycles. The molecule has 1 saturated heterocycles. The lowest BCUT2D eigenvalue weighted by molar-refractivity contribution is -0.122. The predicted molar refractivity (Wildman–Crippen MR) is 148 cm³/mol. The Balaban J connectivity index is 1.35. The normalized spacial score (nSPS) is 20.1. The molecule has 0 radical (unpaired) electrons. The van der Waals surface area contributed by atoms with E-state index in [4.69, 9.17) is 20.8 Å². The second-order valence-electron chi connectivity index (χ2n) is 8.95. The molecular weight excluding hydrogens is 562 g/mol. The number of carbonyl (C=O) groups excluding carboxylic acids is 3. The minimum atomic E-state index is -0.805. The SMILES string of the molecule is COc1ccc(NC(=O)Cn2c3c(sc2=O)[C@@H](c2ccco2)[C@@H]2C(=O)N(c4ccc(Cl)cc4)C(=O)[C@@H]2S3)cc1. The molecule has 3 amide bonds. The average Bonchev–Trinajstić information content (AvgIpc) is 3.63. The van der Waals surface area contributed by atoms with Crippen molar-refractivity contribution in [1.29, 1.82) is 0 Å². The Morgan fingerprint density at radius 2 is 1.79 bits per heavy atom. The van der Waals surface area contributed by atoms with Gasteiger partial charge in [-0.1, -0.05) is 34.7 Å². The average molecular weight is 582 g/mol. The summed E-state index contributed by atoms with van der Waals surface area (Å²) in [5, 5.41) is 2.94. The van der Waals surface area contributed by atoms with Crippen LogP contribution in [0.3, 0.4) is 0 Å². The Hall–Kier alpha value is -3.80. The lowest BCUT2D eigenvalue weighted by Crippen LogP contribution is -2.32. The van der Waals surface area contributed by atoms with Crippen LogP contribution in [0.25, 0.3) is 0 Å². The van der Waals surface area contributed by atoms with E-state index in [2.05, 4.69) is 5.32 Å². The number of rotatable bonds is 6. The largest absolute Gasteiger partial charge is 0.497 e. The van der Waals surface area contributed by atoms with Gasteiger partial charge in [-0.2, -0.15) is 0 Å². The zero-order chi connectivity index (χ0) is 27.3. The fourth-order valence-corrected chi connectivity index (χ4v) is 7.77. The number of methoxy groups -OCH3 is 1. The van der Waals surface area contributed by atoms with Crippen LogP contribution in [-0.4, -0.2) is 34.6 Å². The Bertz CT molecular complexity index is 1630. The van der Waals surface area contributed by atoms with Gasteiger partial charge in [-0.05, 0) is 60.7 Å². The van der Waals surface area contributed by atoms with Crippen molar-refractivity contribution in [2.75, 3.05) is 17.3 Å². The van der Waals surface area contributed by atoms with Crippen molar-refractivity contribution in [2.45, 2.75) is 22.7 Å². The highest BCUT2D eigenvalue weighted by atomic mass is 35.5. The van der Waals surface area contributed by atoms with Crippen molar-refractivity contribution in [3.8, 4) is 5.75 Å². The molecule has 2 aromatic carbocycles. The molecule has 3 atom stereocenters. The van der Waals surface area contributed by atoms with Gasteiger partial charge in [0, 0.05) is 10.7 Å². The van der Waals surface area contributed by atoms with Crippen LogP contribution in [0.2, 0.25) is 5.02 Å².